The van der Waals surface area contributed by atoms with E-state index >= 15 is 0 Å². The van der Waals surface area contributed by atoms with E-state index in [4.69, 9.17) is 4.74 Å². The minimum absolute atomic E-state index is 0.259. The van der Waals surface area contributed by atoms with Crippen molar-refractivity contribution in [3.05, 3.63) is 12.2 Å². The van der Waals surface area contributed by atoms with Crippen LogP contribution in [-0.2, 0) is 14.3 Å². The number of hydrogen-bond donors (Lipinski definition) is 0. The molecule has 0 radical (unpaired) electrons. The summed E-state index contributed by atoms with van der Waals surface area (Å²) in [7, 11) is 1.33. The van der Waals surface area contributed by atoms with Crippen molar-refractivity contribution in [3.8, 4) is 0 Å². The molecule has 1 aliphatic heterocycles. The van der Waals surface area contributed by atoms with Crippen LogP contribution < -0.4 is 0 Å². The molecule has 0 saturated carbocycles. The Labute approximate surface area is 70.9 Å². The smallest absolute Gasteiger partial charge is 0.334 e. The van der Waals surface area contributed by atoms with Gasteiger partial charge in [0, 0.05) is 5.57 Å². The van der Waals surface area contributed by atoms with Gasteiger partial charge in [-0.1, -0.05) is 6.58 Å². The van der Waals surface area contributed by atoms with E-state index in [0.29, 0.717) is 5.90 Å². The lowest BCUT2D eigenvalue weighted by Gasteiger charge is -2.00. The van der Waals surface area contributed by atoms with Gasteiger partial charge in [0.25, 0.3) is 0 Å². The van der Waals surface area contributed by atoms with Crippen molar-refractivity contribution in [2.45, 2.75) is 13.0 Å². The molecule has 1 heterocycles. The van der Waals surface area contributed by atoms with Gasteiger partial charge in [0.15, 0.2) is 6.04 Å². The van der Waals surface area contributed by atoms with Gasteiger partial charge in [-0.05, 0) is 6.92 Å². The summed E-state index contributed by atoms with van der Waals surface area (Å²) in [6.45, 7) is 5.68. The highest BCUT2D eigenvalue weighted by Crippen LogP contribution is 2.10. The van der Waals surface area contributed by atoms with Crippen LogP contribution in [0.4, 0.5) is 0 Å². The fourth-order valence-corrected chi connectivity index (χ4v) is 0.864. The molecule has 66 valence electrons. The van der Waals surface area contributed by atoms with Crippen molar-refractivity contribution < 1.29 is 14.3 Å². The highest BCUT2D eigenvalue weighted by atomic mass is 16.5. The number of methoxy groups -OCH3 is 1. The zero-order valence-corrected chi connectivity index (χ0v) is 7.16. The largest absolute Gasteiger partial charge is 0.475 e. The summed E-state index contributed by atoms with van der Waals surface area (Å²) in [5, 5.41) is 0. The molecular formula is C8H11NO3. The molecule has 0 aromatic rings. The number of carbonyl (C=O) groups is 1. The molecule has 0 N–H and O–H groups in total. The second-order valence-corrected chi connectivity index (χ2v) is 2.56. The maximum atomic E-state index is 10.9. The summed E-state index contributed by atoms with van der Waals surface area (Å²) in [6.07, 6.45) is 0. The zero-order valence-electron chi connectivity index (χ0n) is 7.16. The molecule has 0 spiro atoms. The van der Waals surface area contributed by atoms with Crippen molar-refractivity contribution in [1.82, 2.24) is 0 Å². The Morgan fingerprint density at radius 3 is 2.92 bits per heavy atom. The van der Waals surface area contributed by atoms with E-state index in [9.17, 15) is 4.79 Å². The minimum atomic E-state index is -0.512. The number of esters is 1. The second-order valence-electron chi connectivity index (χ2n) is 2.56. The molecule has 0 aromatic heterocycles. The van der Waals surface area contributed by atoms with Crippen LogP contribution >= 0.6 is 0 Å². The SMILES string of the molecule is C=C(C)C1=NC(C(=O)OC)CO1. The predicted octanol–water partition coefficient (Wildman–Crippen LogP) is 0.533. The van der Waals surface area contributed by atoms with Gasteiger partial charge in [0.05, 0.1) is 7.11 Å². The van der Waals surface area contributed by atoms with Gasteiger partial charge in [-0.3, -0.25) is 0 Å². The van der Waals surface area contributed by atoms with E-state index in [0.717, 1.165) is 5.57 Å². The topological polar surface area (TPSA) is 47.9 Å². The minimum Gasteiger partial charge on any atom is -0.475 e. The highest BCUT2D eigenvalue weighted by Gasteiger charge is 2.26. The number of aliphatic imine (C=N–C) groups is 1. The summed E-state index contributed by atoms with van der Waals surface area (Å²) in [6, 6.07) is -0.512. The monoisotopic (exact) mass is 169 g/mol. The first-order valence-electron chi connectivity index (χ1n) is 3.59. The third-order valence-electron chi connectivity index (χ3n) is 1.49. The van der Waals surface area contributed by atoms with Crippen molar-refractivity contribution in [2.75, 3.05) is 13.7 Å². The maximum Gasteiger partial charge on any atom is 0.334 e. The first-order valence-corrected chi connectivity index (χ1v) is 3.59. The molecule has 4 heteroatoms. The molecule has 1 aliphatic rings. The van der Waals surface area contributed by atoms with Crippen LogP contribution in [0.2, 0.25) is 0 Å². The molecule has 0 aliphatic carbocycles. The van der Waals surface area contributed by atoms with Crippen LogP contribution in [0.5, 0.6) is 0 Å². The number of ether oxygens (including phenoxy) is 2. The Hall–Kier alpha value is -1.32. The molecule has 1 unspecified atom stereocenters. The molecular weight excluding hydrogens is 158 g/mol. The lowest BCUT2D eigenvalue weighted by atomic mass is 10.3. The third-order valence-corrected chi connectivity index (χ3v) is 1.49. The van der Waals surface area contributed by atoms with Gasteiger partial charge < -0.3 is 9.47 Å². The highest BCUT2D eigenvalue weighted by molar-refractivity contribution is 5.96. The normalized spacial score (nSPS) is 21.2. The average Bonchev–Trinajstić information content (AvgIpc) is 2.51. The van der Waals surface area contributed by atoms with E-state index in [1.54, 1.807) is 6.92 Å². The molecule has 1 rings (SSSR count). The predicted molar refractivity (Wildman–Crippen MR) is 44.0 cm³/mol. The van der Waals surface area contributed by atoms with Gasteiger partial charge in [0.2, 0.25) is 5.90 Å². The molecule has 0 amide bonds. The molecule has 0 bridgehead atoms. The number of hydrogen-bond acceptors (Lipinski definition) is 4. The maximum absolute atomic E-state index is 10.9. The Bertz CT molecular complexity index is 245. The summed E-state index contributed by atoms with van der Waals surface area (Å²) in [4.78, 5) is 14.9. The number of nitrogens with zero attached hydrogens (tertiary/aromatic N) is 1. The summed E-state index contributed by atoms with van der Waals surface area (Å²) in [5.41, 5.74) is 0.724. The number of rotatable bonds is 2. The standard InChI is InChI=1S/C8H11NO3/c1-5(2)7-9-6(4-12-7)8(10)11-3/h6H,1,4H2,2-3H3. The Morgan fingerprint density at radius 1 is 1.83 bits per heavy atom. The Morgan fingerprint density at radius 2 is 2.50 bits per heavy atom. The quantitative estimate of drug-likeness (QED) is 0.566. The van der Waals surface area contributed by atoms with Gasteiger partial charge in [0.1, 0.15) is 6.61 Å². The van der Waals surface area contributed by atoms with Crippen LogP contribution in [0.1, 0.15) is 6.92 Å². The number of carbonyl (C=O) groups excluding carboxylic acids is 1. The average molecular weight is 169 g/mol. The van der Waals surface area contributed by atoms with E-state index < -0.39 is 6.04 Å². The van der Waals surface area contributed by atoms with Crippen LogP contribution in [-0.4, -0.2) is 31.6 Å². The molecule has 0 saturated heterocycles. The lowest BCUT2D eigenvalue weighted by Crippen LogP contribution is -2.21. The van der Waals surface area contributed by atoms with Gasteiger partial charge in [-0.15, -0.1) is 0 Å². The zero-order chi connectivity index (χ0) is 9.14. The molecule has 0 fully saturated rings. The van der Waals surface area contributed by atoms with E-state index in [2.05, 4.69) is 16.3 Å². The van der Waals surface area contributed by atoms with Crippen LogP contribution in [0, 0.1) is 0 Å². The van der Waals surface area contributed by atoms with Gasteiger partial charge >= 0.3 is 5.97 Å². The Kier molecular flexibility index (Phi) is 2.47. The van der Waals surface area contributed by atoms with Crippen molar-refractivity contribution in [1.29, 1.82) is 0 Å². The van der Waals surface area contributed by atoms with Crippen LogP contribution in [0.15, 0.2) is 17.1 Å². The fraction of sp³-hybridized carbons (Fsp3) is 0.500. The van der Waals surface area contributed by atoms with Crippen molar-refractivity contribution in [2.24, 2.45) is 4.99 Å². The fourth-order valence-electron chi connectivity index (χ4n) is 0.864. The van der Waals surface area contributed by atoms with E-state index in [1.807, 2.05) is 0 Å². The van der Waals surface area contributed by atoms with E-state index in [-0.39, 0.29) is 12.6 Å². The van der Waals surface area contributed by atoms with Crippen LogP contribution in [0.3, 0.4) is 0 Å². The van der Waals surface area contributed by atoms with Gasteiger partial charge in [-0.25, -0.2) is 9.79 Å². The molecule has 1 atom stereocenters. The molecule has 4 nitrogen and oxygen atoms in total. The van der Waals surface area contributed by atoms with E-state index in [1.165, 1.54) is 7.11 Å². The third kappa shape index (κ3) is 1.64. The Balaban J connectivity index is 2.64. The molecule has 12 heavy (non-hydrogen) atoms. The van der Waals surface area contributed by atoms with Gasteiger partial charge in [-0.2, -0.15) is 0 Å². The van der Waals surface area contributed by atoms with Crippen molar-refractivity contribution >= 4 is 11.9 Å². The second kappa shape index (κ2) is 3.38. The first-order chi connectivity index (χ1) is 5.65. The van der Waals surface area contributed by atoms with Crippen molar-refractivity contribution in [3.63, 3.8) is 0 Å². The first kappa shape index (κ1) is 8.77. The molecule has 0 aromatic carbocycles. The lowest BCUT2D eigenvalue weighted by molar-refractivity contribution is -0.142. The van der Waals surface area contributed by atoms with Crippen LogP contribution in [0.25, 0.3) is 0 Å². The summed E-state index contributed by atoms with van der Waals surface area (Å²) >= 11 is 0. The summed E-state index contributed by atoms with van der Waals surface area (Å²) < 4.78 is 9.61. The summed E-state index contributed by atoms with van der Waals surface area (Å²) in [5.74, 6) is 0.0802.